The molecule has 0 atom stereocenters. The summed E-state index contributed by atoms with van der Waals surface area (Å²) in [6.45, 7) is 2.52. The number of hydrogen-bond acceptors (Lipinski definition) is 7. The number of rotatable bonds is 4. The Morgan fingerprint density at radius 2 is 2.00 bits per heavy atom. The Balaban J connectivity index is 1.86. The van der Waals surface area contributed by atoms with Crippen LogP contribution in [0.25, 0.3) is 0 Å². The topological polar surface area (TPSA) is 88.7 Å². The quantitative estimate of drug-likeness (QED) is 0.912. The maximum atomic E-state index is 5.90. The molecule has 104 valence electrons. The molecule has 1 aromatic heterocycles. The maximum Gasteiger partial charge on any atom is 0.249 e. The van der Waals surface area contributed by atoms with Crippen molar-refractivity contribution in [2.24, 2.45) is 0 Å². The lowest BCUT2D eigenvalue weighted by Crippen LogP contribution is -2.02. The van der Waals surface area contributed by atoms with E-state index >= 15 is 0 Å². The van der Waals surface area contributed by atoms with E-state index in [-0.39, 0.29) is 18.4 Å². The van der Waals surface area contributed by atoms with Crippen molar-refractivity contribution in [3.8, 4) is 29.0 Å². The van der Waals surface area contributed by atoms with E-state index in [0.717, 1.165) is 0 Å². The Kier molecular flexibility index (Phi) is 3.16. The Bertz CT molecular complexity index is 633. The number of nitrogens with two attached hydrogens (primary N) is 1. The molecule has 0 amide bonds. The van der Waals surface area contributed by atoms with E-state index < -0.39 is 0 Å². The van der Waals surface area contributed by atoms with Gasteiger partial charge in [-0.05, 0) is 19.1 Å². The second-order valence-electron chi connectivity index (χ2n) is 3.95. The monoisotopic (exact) mass is 275 g/mol. The molecule has 2 aromatic rings. The molecular formula is C13H13N3O4. The number of hydrogen-bond donors (Lipinski definition) is 1. The predicted octanol–water partition coefficient (Wildman–Crippen LogP) is 1.98. The molecular weight excluding hydrogens is 262 g/mol. The minimum absolute atomic E-state index is 0.211. The van der Waals surface area contributed by atoms with Crippen LogP contribution in [0.4, 0.5) is 5.69 Å². The summed E-state index contributed by atoms with van der Waals surface area (Å²) in [6, 6.07) is 5.22. The summed E-state index contributed by atoms with van der Waals surface area (Å²) in [5.41, 5.74) is 6.16. The van der Waals surface area contributed by atoms with Crippen LogP contribution in [0.3, 0.4) is 0 Å². The molecule has 1 aliphatic heterocycles. The lowest BCUT2D eigenvalue weighted by Gasteiger charge is -2.10. The summed E-state index contributed by atoms with van der Waals surface area (Å²) >= 11 is 0. The molecule has 2 N–H and O–H groups in total. The van der Waals surface area contributed by atoms with E-state index in [1.807, 2.05) is 6.92 Å². The molecule has 0 saturated heterocycles. The standard InChI is InChI=1S/C13H13N3O4/c1-2-17-12-11(14)13(16-6-15-12)20-8-3-4-9-10(5-8)19-7-18-9/h3-6H,2,7,14H2,1H3. The van der Waals surface area contributed by atoms with E-state index in [4.69, 9.17) is 24.7 Å². The number of ether oxygens (including phenoxy) is 4. The van der Waals surface area contributed by atoms with Crippen LogP contribution in [-0.4, -0.2) is 23.4 Å². The largest absolute Gasteiger partial charge is 0.476 e. The van der Waals surface area contributed by atoms with Crippen LogP contribution in [0.2, 0.25) is 0 Å². The van der Waals surface area contributed by atoms with Crippen molar-refractivity contribution >= 4 is 5.69 Å². The average Bonchev–Trinajstić information content (AvgIpc) is 2.91. The number of fused-ring (bicyclic) bond motifs is 1. The molecule has 0 radical (unpaired) electrons. The Labute approximate surface area is 115 Å². The maximum absolute atomic E-state index is 5.90. The number of benzene rings is 1. The zero-order valence-corrected chi connectivity index (χ0v) is 10.8. The fourth-order valence-corrected chi connectivity index (χ4v) is 1.75. The first-order chi connectivity index (χ1) is 9.78. The molecule has 2 heterocycles. The number of anilines is 1. The predicted molar refractivity (Wildman–Crippen MR) is 70.3 cm³/mol. The van der Waals surface area contributed by atoms with Crippen LogP contribution >= 0.6 is 0 Å². The average molecular weight is 275 g/mol. The van der Waals surface area contributed by atoms with E-state index in [2.05, 4.69) is 9.97 Å². The van der Waals surface area contributed by atoms with Crippen LogP contribution in [0.15, 0.2) is 24.5 Å². The first kappa shape index (κ1) is 12.3. The summed E-state index contributed by atoms with van der Waals surface area (Å²) in [5, 5.41) is 0. The summed E-state index contributed by atoms with van der Waals surface area (Å²) in [7, 11) is 0. The van der Waals surface area contributed by atoms with Gasteiger partial charge in [-0.1, -0.05) is 0 Å². The SMILES string of the molecule is CCOc1ncnc(Oc2ccc3c(c2)OCO3)c1N. The smallest absolute Gasteiger partial charge is 0.249 e. The Morgan fingerprint density at radius 3 is 2.85 bits per heavy atom. The minimum Gasteiger partial charge on any atom is -0.476 e. The summed E-state index contributed by atoms with van der Waals surface area (Å²) in [4.78, 5) is 7.94. The van der Waals surface area contributed by atoms with Crippen LogP contribution in [0, 0.1) is 0 Å². The van der Waals surface area contributed by atoms with Crippen molar-refractivity contribution in [2.45, 2.75) is 6.92 Å². The summed E-state index contributed by atoms with van der Waals surface area (Å²) in [6.07, 6.45) is 1.34. The molecule has 1 aromatic carbocycles. The first-order valence-corrected chi connectivity index (χ1v) is 6.08. The third-order valence-corrected chi connectivity index (χ3v) is 2.65. The molecule has 7 nitrogen and oxygen atoms in total. The van der Waals surface area contributed by atoms with E-state index in [1.54, 1.807) is 18.2 Å². The van der Waals surface area contributed by atoms with E-state index in [0.29, 0.717) is 29.7 Å². The van der Waals surface area contributed by atoms with Gasteiger partial charge in [0.2, 0.25) is 18.6 Å². The van der Waals surface area contributed by atoms with Crippen LogP contribution in [0.5, 0.6) is 29.0 Å². The fraction of sp³-hybridized carbons (Fsp3) is 0.231. The van der Waals surface area contributed by atoms with Gasteiger partial charge in [0.1, 0.15) is 12.1 Å². The minimum atomic E-state index is 0.211. The van der Waals surface area contributed by atoms with Gasteiger partial charge < -0.3 is 24.7 Å². The van der Waals surface area contributed by atoms with Gasteiger partial charge in [0.15, 0.2) is 17.2 Å². The van der Waals surface area contributed by atoms with Gasteiger partial charge in [0.25, 0.3) is 0 Å². The van der Waals surface area contributed by atoms with Crippen LogP contribution < -0.4 is 24.7 Å². The lowest BCUT2D eigenvalue weighted by molar-refractivity contribution is 0.174. The van der Waals surface area contributed by atoms with Crippen molar-refractivity contribution in [2.75, 3.05) is 19.1 Å². The molecule has 7 heteroatoms. The Morgan fingerprint density at radius 1 is 1.20 bits per heavy atom. The summed E-state index contributed by atoms with van der Waals surface area (Å²) in [5.74, 6) is 2.39. The number of nitrogen functional groups attached to an aromatic ring is 1. The zero-order valence-electron chi connectivity index (χ0n) is 10.8. The van der Waals surface area contributed by atoms with Gasteiger partial charge in [0.05, 0.1) is 6.61 Å². The number of aromatic nitrogens is 2. The van der Waals surface area contributed by atoms with Gasteiger partial charge in [0, 0.05) is 6.07 Å². The second-order valence-corrected chi connectivity index (χ2v) is 3.95. The highest BCUT2D eigenvalue weighted by atomic mass is 16.7. The van der Waals surface area contributed by atoms with Crippen molar-refractivity contribution in [1.82, 2.24) is 9.97 Å². The van der Waals surface area contributed by atoms with Crippen LogP contribution in [-0.2, 0) is 0 Å². The highest BCUT2D eigenvalue weighted by Crippen LogP contribution is 2.37. The van der Waals surface area contributed by atoms with Gasteiger partial charge in [-0.25, -0.2) is 0 Å². The van der Waals surface area contributed by atoms with Gasteiger partial charge in [-0.2, -0.15) is 9.97 Å². The lowest BCUT2D eigenvalue weighted by atomic mass is 10.3. The third kappa shape index (κ3) is 2.25. The van der Waals surface area contributed by atoms with E-state index in [9.17, 15) is 0 Å². The van der Waals surface area contributed by atoms with Gasteiger partial charge >= 0.3 is 0 Å². The molecule has 0 fully saturated rings. The molecule has 1 aliphatic rings. The van der Waals surface area contributed by atoms with Crippen molar-refractivity contribution in [3.05, 3.63) is 24.5 Å². The van der Waals surface area contributed by atoms with Crippen LogP contribution in [0.1, 0.15) is 6.92 Å². The first-order valence-electron chi connectivity index (χ1n) is 6.08. The third-order valence-electron chi connectivity index (χ3n) is 2.65. The van der Waals surface area contributed by atoms with Crippen molar-refractivity contribution in [1.29, 1.82) is 0 Å². The summed E-state index contributed by atoms with van der Waals surface area (Å²) < 4.78 is 21.4. The highest BCUT2D eigenvalue weighted by Gasteiger charge is 2.16. The zero-order chi connectivity index (χ0) is 13.9. The molecule has 3 rings (SSSR count). The normalized spacial score (nSPS) is 12.2. The Hall–Kier alpha value is -2.70. The van der Waals surface area contributed by atoms with E-state index in [1.165, 1.54) is 6.33 Å². The molecule has 0 saturated carbocycles. The fourth-order valence-electron chi connectivity index (χ4n) is 1.75. The van der Waals surface area contributed by atoms with Gasteiger partial charge in [-0.3, -0.25) is 0 Å². The number of nitrogens with zero attached hydrogens (tertiary/aromatic N) is 2. The molecule has 20 heavy (non-hydrogen) atoms. The van der Waals surface area contributed by atoms with Gasteiger partial charge in [-0.15, -0.1) is 0 Å². The van der Waals surface area contributed by atoms with Crippen molar-refractivity contribution in [3.63, 3.8) is 0 Å². The molecule has 0 bridgehead atoms. The molecule has 0 unspecified atom stereocenters. The second kappa shape index (κ2) is 5.12. The molecule has 0 aliphatic carbocycles. The van der Waals surface area contributed by atoms with Crippen molar-refractivity contribution < 1.29 is 18.9 Å². The molecule has 0 spiro atoms. The highest BCUT2D eigenvalue weighted by molar-refractivity contribution is 5.57.